The Morgan fingerprint density at radius 2 is 2.20 bits per heavy atom. The summed E-state index contributed by atoms with van der Waals surface area (Å²) in [5.41, 5.74) is 0.204. The molecule has 0 saturated carbocycles. The highest BCUT2D eigenvalue weighted by molar-refractivity contribution is 7.89. The highest BCUT2D eigenvalue weighted by atomic mass is 32.2. The van der Waals surface area contributed by atoms with E-state index in [-0.39, 0.29) is 12.1 Å². The maximum atomic E-state index is 12.2. The molecule has 1 aromatic rings. The molecule has 1 aliphatic rings. The maximum Gasteiger partial charge on any atom is 0.251 e. The van der Waals surface area contributed by atoms with Crippen LogP contribution in [-0.4, -0.2) is 47.6 Å². The zero-order chi connectivity index (χ0) is 14.9. The standard InChI is InChI=1S/C12H19N3O4S/c1-8(2)20(17,18)15-4-5-19-11(7-15)10-6-12(16)14-9(3)13-10/h6,8,11H,4-5,7H2,1-3H3,(H,13,14,16)/t11-/m1/s1. The molecule has 8 heteroatoms. The fourth-order valence-electron chi connectivity index (χ4n) is 2.10. The van der Waals surface area contributed by atoms with Crippen molar-refractivity contribution in [1.29, 1.82) is 0 Å². The molecule has 1 aromatic heterocycles. The number of hydrogen-bond donors (Lipinski definition) is 1. The van der Waals surface area contributed by atoms with Crippen LogP contribution in [-0.2, 0) is 14.8 Å². The summed E-state index contributed by atoms with van der Waals surface area (Å²) in [6.45, 7) is 5.79. The summed E-state index contributed by atoms with van der Waals surface area (Å²) in [4.78, 5) is 18.2. The number of hydrogen-bond acceptors (Lipinski definition) is 5. The van der Waals surface area contributed by atoms with Gasteiger partial charge in [-0.1, -0.05) is 0 Å². The molecular weight excluding hydrogens is 282 g/mol. The molecule has 0 aliphatic carbocycles. The van der Waals surface area contributed by atoms with Gasteiger partial charge < -0.3 is 9.72 Å². The van der Waals surface area contributed by atoms with Gasteiger partial charge in [0.05, 0.1) is 17.6 Å². The molecule has 1 atom stereocenters. The van der Waals surface area contributed by atoms with Gasteiger partial charge in [-0.2, -0.15) is 4.31 Å². The van der Waals surface area contributed by atoms with E-state index in [0.29, 0.717) is 24.7 Å². The molecule has 112 valence electrons. The van der Waals surface area contributed by atoms with Crippen molar-refractivity contribution >= 4 is 10.0 Å². The lowest BCUT2D eigenvalue weighted by atomic mass is 10.2. The van der Waals surface area contributed by atoms with Crippen LogP contribution in [0.5, 0.6) is 0 Å². The van der Waals surface area contributed by atoms with E-state index in [4.69, 9.17) is 4.74 Å². The lowest BCUT2D eigenvalue weighted by Gasteiger charge is -2.32. The Balaban J connectivity index is 2.25. The van der Waals surface area contributed by atoms with Gasteiger partial charge in [0.25, 0.3) is 5.56 Å². The molecular formula is C12H19N3O4S. The number of sulfonamides is 1. The van der Waals surface area contributed by atoms with E-state index in [0.717, 1.165) is 0 Å². The summed E-state index contributed by atoms with van der Waals surface area (Å²) in [5, 5.41) is -0.477. The van der Waals surface area contributed by atoms with Gasteiger partial charge in [0.15, 0.2) is 0 Å². The fraction of sp³-hybridized carbons (Fsp3) is 0.667. The Bertz CT molecular complexity index is 638. The number of nitrogens with one attached hydrogen (secondary N) is 1. The van der Waals surface area contributed by atoms with Gasteiger partial charge in [-0.15, -0.1) is 0 Å². The second-order valence-electron chi connectivity index (χ2n) is 5.07. The summed E-state index contributed by atoms with van der Waals surface area (Å²) < 4.78 is 31.3. The molecule has 0 unspecified atom stereocenters. The first-order valence-electron chi connectivity index (χ1n) is 6.49. The van der Waals surface area contributed by atoms with Crippen molar-refractivity contribution in [2.24, 2.45) is 0 Å². The SMILES string of the molecule is Cc1nc([C@H]2CN(S(=O)(=O)C(C)C)CCO2)cc(=O)[nH]1. The molecule has 0 bridgehead atoms. The van der Waals surface area contributed by atoms with E-state index in [1.165, 1.54) is 10.4 Å². The van der Waals surface area contributed by atoms with Gasteiger partial charge in [0, 0.05) is 19.2 Å². The molecule has 0 aromatic carbocycles. The number of ether oxygens (including phenoxy) is 1. The van der Waals surface area contributed by atoms with Crippen LogP contribution < -0.4 is 5.56 Å². The van der Waals surface area contributed by atoms with Crippen LogP contribution >= 0.6 is 0 Å². The molecule has 20 heavy (non-hydrogen) atoms. The molecule has 1 aliphatic heterocycles. The van der Waals surface area contributed by atoms with Crippen LogP contribution in [0.3, 0.4) is 0 Å². The number of aromatic amines is 1. The first-order valence-corrected chi connectivity index (χ1v) is 7.99. The predicted molar refractivity (Wildman–Crippen MR) is 73.9 cm³/mol. The van der Waals surface area contributed by atoms with Gasteiger partial charge >= 0.3 is 0 Å². The van der Waals surface area contributed by atoms with Crippen molar-refractivity contribution in [3.8, 4) is 0 Å². The summed E-state index contributed by atoms with van der Waals surface area (Å²) in [6, 6.07) is 1.35. The number of H-pyrrole nitrogens is 1. The Labute approximate surface area is 118 Å². The maximum absolute atomic E-state index is 12.2. The Morgan fingerprint density at radius 1 is 1.50 bits per heavy atom. The molecule has 0 spiro atoms. The molecule has 2 rings (SSSR count). The lowest BCUT2D eigenvalue weighted by Crippen LogP contribution is -2.45. The van der Waals surface area contributed by atoms with Crippen LogP contribution in [0, 0.1) is 6.92 Å². The number of morpholine rings is 1. The fourth-order valence-corrected chi connectivity index (χ4v) is 3.37. The smallest absolute Gasteiger partial charge is 0.251 e. The topological polar surface area (TPSA) is 92.4 Å². The van der Waals surface area contributed by atoms with Crippen molar-refractivity contribution in [3.63, 3.8) is 0 Å². The van der Waals surface area contributed by atoms with E-state index in [1.807, 2.05) is 0 Å². The number of aryl methyl sites for hydroxylation is 1. The summed E-state index contributed by atoms with van der Waals surface area (Å²) in [6.07, 6.45) is -0.502. The predicted octanol–water partition coefficient (Wildman–Crippen LogP) is 0.190. The average molecular weight is 301 g/mol. The van der Waals surface area contributed by atoms with Gasteiger partial charge in [0.2, 0.25) is 10.0 Å². The van der Waals surface area contributed by atoms with Crippen LogP contribution in [0.4, 0.5) is 0 Å². The Morgan fingerprint density at radius 3 is 2.80 bits per heavy atom. The Hall–Kier alpha value is -1.25. The van der Waals surface area contributed by atoms with Crippen molar-refractivity contribution in [1.82, 2.24) is 14.3 Å². The molecule has 0 amide bonds. The third-order valence-electron chi connectivity index (χ3n) is 3.19. The molecule has 7 nitrogen and oxygen atoms in total. The minimum atomic E-state index is -3.32. The molecule has 0 radical (unpaired) electrons. The molecule has 2 heterocycles. The number of aromatic nitrogens is 2. The lowest BCUT2D eigenvalue weighted by molar-refractivity contribution is -0.00534. The van der Waals surface area contributed by atoms with Gasteiger partial charge in [-0.25, -0.2) is 13.4 Å². The average Bonchev–Trinajstić information content (AvgIpc) is 2.37. The molecule has 1 fully saturated rings. The zero-order valence-electron chi connectivity index (χ0n) is 11.8. The van der Waals surface area contributed by atoms with Crippen molar-refractivity contribution < 1.29 is 13.2 Å². The third-order valence-corrected chi connectivity index (χ3v) is 5.44. The summed E-state index contributed by atoms with van der Waals surface area (Å²) in [5.74, 6) is 0.486. The number of nitrogens with zero attached hydrogens (tertiary/aromatic N) is 2. The second-order valence-corrected chi connectivity index (χ2v) is 7.56. The van der Waals surface area contributed by atoms with E-state index in [9.17, 15) is 13.2 Å². The van der Waals surface area contributed by atoms with Gasteiger partial charge in [-0.05, 0) is 20.8 Å². The van der Waals surface area contributed by atoms with Crippen molar-refractivity contribution in [2.45, 2.75) is 32.1 Å². The molecule has 1 N–H and O–H groups in total. The van der Waals surface area contributed by atoms with E-state index in [1.54, 1.807) is 20.8 Å². The largest absolute Gasteiger partial charge is 0.369 e. The van der Waals surface area contributed by atoms with Crippen LogP contribution in [0.25, 0.3) is 0 Å². The highest BCUT2D eigenvalue weighted by Crippen LogP contribution is 2.23. The normalized spacial score (nSPS) is 21.3. The van der Waals surface area contributed by atoms with Crippen LogP contribution in [0.15, 0.2) is 10.9 Å². The van der Waals surface area contributed by atoms with Crippen LogP contribution in [0.2, 0.25) is 0 Å². The highest BCUT2D eigenvalue weighted by Gasteiger charge is 2.32. The molecule has 1 saturated heterocycles. The Kier molecular flexibility index (Phi) is 4.26. The van der Waals surface area contributed by atoms with Crippen molar-refractivity contribution in [3.05, 3.63) is 27.9 Å². The van der Waals surface area contributed by atoms with E-state index >= 15 is 0 Å². The van der Waals surface area contributed by atoms with Crippen molar-refractivity contribution in [2.75, 3.05) is 19.7 Å². The summed E-state index contributed by atoms with van der Waals surface area (Å²) >= 11 is 0. The monoisotopic (exact) mass is 301 g/mol. The third kappa shape index (κ3) is 3.08. The van der Waals surface area contributed by atoms with E-state index in [2.05, 4.69) is 9.97 Å². The van der Waals surface area contributed by atoms with E-state index < -0.39 is 21.4 Å². The quantitative estimate of drug-likeness (QED) is 0.860. The summed E-state index contributed by atoms with van der Waals surface area (Å²) in [7, 11) is -3.32. The minimum absolute atomic E-state index is 0.191. The zero-order valence-corrected chi connectivity index (χ0v) is 12.6. The van der Waals surface area contributed by atoms with Gasteiger partial charge in [0.1, 0.15) is 11.9 Å². The minimum Gasteiger partial charge on any atom is -0.369 e. The first-order chi connectivity index (χ1) is 9.30. The van der Waals surface area contributed by atoms with Gasteiger partial charge in [-0.3, -0.25) is 4.79 Å². The number of rotatable bonds is 3. The van der Waals surface area contributed by atoms with Crippen LogP contribution in [0.1, 0.15) is 31.5 Å². The second kappa shape index (κ2) is 5.63. The first kappa shape index (κ1) is 15.1.